The third kappa shape index (κ3) is 6.54. The molecule has 9 heteroatoms. The van der Waals surface area contributed by atoms with Crippen molar-refractivity contribution in [2.45, 2.75) is 25.2 Å². The van der Waals surface area contributed by atoms with Gasteiger partial charge in [0.25, 0.3) is 0 Å². The molecule has 0 saturated heterocycles. The minimum Gasteiger partial charge on any atom is -0.406 e. The zero-order valence-corrected chi connectivity index (χ0v) is 12.4. The fourth-order valence-corrected chi connectivity index (χ4v) is 2.06. The molecule has 2 aromatic carbocycles. The molecule has 0 amide bonds. The lowest BCUT2D eigenvalue weighted by Gasteiger charge is -2.14. The Morgan fingerprint density at radius 2 is 1.12 bits per heavy atom. The summed E-state index contributed by atoms with van der Waals surface area (Å²) in [5, 5.41) is 10.1. The molecule has 0 aliphatic heterocycles. The molecule has 1 unspecified atom stereocenters. The van der Waals surface area contributed by atoms with Crippen LogP contribution >= 0.6 is 0 Å². The second-order valence-electron chi connectivity index (χ2n) is 5.03. The minimum absolute atomic E-state index is 0.0613. The van der Waals surface area contributed by atoms with Gasteiger partial charge in [-0.15, -0.1) is 26.3 Å². The summed E-state index contributed by atoms with van der Waals surface area (Å²) in [5.41, 5.74) is 0.864. The Balaban J connectivity index is 1.98. The highest BCUT2D eigenvalue weighted by molar-refractivity contribution is 5.31. The number of rotatable bonds is 5. The Hall–Kier alpha value is -2.42. The maximum Gasteiger partial charge on any atom is 0.573 e. The van der Waals surface area contributed by atoms with Gasteiger partial charge < -0.3 is 14.6 Å². The topological polar surface area (TPSA) is 38.7 Å². The number of alkyl halides is 6. The molecule has 25 heavy (non-hydrogen) atoms. The summed E-state index contributed by atoms with van der Waals surface area (Å²) in [7, 11) is 0. The lowest BCUT2D eigenvalue weighted by atomic mass is 10.0. The van der Waals surface area contributed by atoms with Crippen molar-refractivity contribution in [2.24, 2.45) is 0 Å². The van der Waals surface area contributed by atoms with Crippen molar-refractivity contribution < 1.29 is 40.9 Å². The summed E-state index contributed by atoms with van der Waals surface area (Å²) in [5.74, 6) is -0.809. The molecule has 0 aliphatic carbocycles. The summed E-state index contributed by atoms with van der Waals surface area (Å²) in [6.45, 7) is 0. The van der Waals surface area contributed by atoms with Crippen molar-refractivity contribution in [3.05, 3.63) is 59.7 Å². The molecule has 136 valence electrons. The number of halogens is 6. The van der Waals surface area contributed by atoms with Crippen molar-refractivity contribution in [1.29, 1.82) is 0 Å². The Labute approximate surface area is 138 Å². The van der Waals surface area contributed by atoms with Crippen molar-refractivity contribution in [2.75, 3.05) is 0 Å². The van der Waals surface area contributed by atoms with Crippen LogP contribution in [0, 0.1) is 0 Å². The van der Waals surface area contributed by atoms with E-state index in [-0.39, 0.29) is 12.2 Å². The number of aliphatic hydroxyl groups excluding tert-OH is 1. The Morgan fingerprint density at radius 1 is 0.720 bits per heavy atom. The summed E-state index contributed by atoms with van der Waals surface area (Å²) >= 11 is 0. The second kappa shape index (κ2) is 7.22. The van der Waals surface area contributed by atoms with E-state index in [4.69, 9.17) is 0 Å². The molecule has 3 nitrogen and oxygen atoms in total. The van der Waals surface area contributed by atoms with Gasteiger partial charge in [-0.05, 0) is 35.4 Å². The molecule has 0 heterocycles. The van der Waals surface area contributed by atoms with Crippen LogP contribution in [0.4, 0.5) is 26.3 Å². The first-order valence-corrected chi connectivity index (χ1v) is 6.90. The van der Waals surface area contributed by atoms with Crippen molar-refractivity contribution in [1.82, 2.24) is 0 Å². The predicted molar refractivity (Wildman–Crippen MR) is 74.9 cm³/mol. The Bertz CT molecular complexity index is 677. The lowest BCUT2D eigenvalue weighted by Crippen LogP contribution is -2.17. The summed E-state index contributed by atoms with van der Waals surface area (Å²) in [6.07, 6.45) is -10.6. The average molecular weight is 366 g/mol. The van der Waals surface area contributed by atoms with E-state index in [0.717, 1.165) is 24.3 Å². The van der Waals surface area contributed by atoms with Gasteiger partial charge in [0.2, 0.25) is 0 Å². The maximum absolute atomic E-state index is 12.1. The first-order chi connectivity index (χ1) is 11.5. The molecule has 2 rings (SSSR count). The maximum atomic E-state index is 12.1. The third-order valence-electron chi connectivity index (χ3n) is 3.08. The molecule has 1 atom stereocenters. The molecule has 0 fully saturated rings. The van der Waals surface area contributed by atoms with Gasteiger partial charge in [-0.2, -0.15) is 0 Å². The molecule has 0 aliphatic rings. The van der Waals surface area contributed by atoms with E-state index >= 15 is 0 Å². The summed E-state index contributed by atoms with van der Waals surface area (Å²) < 4.78 is 79.9. The van der Waals surface area contributed by atoms with E-state index in [1.165, 1.54) is 24.3 Å². The van der Waals surface area contributed by atoms with E-state index in [9.17, 15) is 31.4 Å². The second-order valence-corrected chi connectivity index (χ2v) is 5.03. The number of benzene rings is 2. The minimum atomic E-state index is -4.81. The normalized spacial score (nSPS) is 13.4. The Morgan fingerprint density at radius 3 is 1.52 bits per heavy atom. The largest absolute Gasteiger partial charge is 0.573 e. The fourth-order valence-electron chi connectivity index (χ4n) is 2.06. The zero-order chi connectivity index (χ0) is 18.7. The fraction of sp³-hybridized carbons (Fsp3) is 0.250. The predicted octanol–water partition coefficient (Wildman–Crippen LogP) is 4.76. The molecule has 0 spiro atoms. The highest BCUT2D eigenvalue weighted by Crippen LogP contribution is 2.27. The van der Waals surface area contributed by atoms with Crippen molar-refractivity contribution in [3.63, 3.8) is 0 Å². The van der Waals surface area contributed by atoms with Crippen LogP contribution in [0.1, 0.15) is 17.2 Å². The number of aliphatic hydroxyl groups is 1. The molecule has 0 saturated carbocycles. The van der Waals surface area contributed by atoms with E-state index in [0.29, 0.717) is 11.1 Å². The van der Waals surface area contributed by atoms with Gasteiger partial charge in [0, 0.05) is 6.42 Å². The van der Waals surface area contributed by atoms with Crippen molar-refractivity contribution >= 4 is 0 Å². The SMILES string of the molecule is OC(Cc1ccc(OC(F)(F)F)cc1)c1ccc(OC(F)(F)F)cc1. The van der Waals surface area contributed by atoms with Gasteiger partial charge in [0.1, 0.15) is 11.5 Å². The third-order valence-corrected chi connectivity index (χ3v) is 3.08. The molecule has 0 radical (unpaired) electrons. The van der Waals surface area contributed by atoms with Crippen LogP contribution in [0.25, 0.3) is 0 Å². The van der Waals surface area contributed by atoms with Gasteiger partial charge in [0.15, 0.2) is 0 Å². The lowest BCUT2D eigenvalue weighted by molar-refractivity contribution is -0.275. The van der Waals surface area contributed by atoms with Gasteiger partial charge >= 0.3 is 12.7 Å². The van der Waals surface area contributed by atoms with E-state index < -0.39 is 24.6 Å². The van der Waals surface area contributed by atoms with Gasteiger partial charge in [0.05, 0.1) is 6.10 Å². The van der Waals surface area contributed by atoms with E-state index in [1.807, 2.05) is 0 Å². The monoisotopic (exact) mass is 366 g/mol. The van der Waals surface area contributed by atoms with E-state index in [2.05, 4.69) is 9.47 Å². The first kappa shape index (κ1) is 18.9. The molecular weight excluding hydrogens is 354 g/mol. The van der Waals surface area contributed by atoms with Crippen LogP contribution < -0.4 is 9.47 Å². The van der Waals surface area contributed by atoms with Gasteiger partial charge in [-0.25, -0.2) is 0 Å². The number of hydrogen-bond donors (Lipinski definition) is 1. The molecule has 0 aromatic heterocycles. The highest BCUT2D eigenvalue weighted by atomic mass is 19.4. The van der Waals surface area contributed by atoms with Crippen molar-refractivity contribution in [3.8, 4) is 11.5 Å². The molecule has 0 bridgehead atoms. The highest BCUT2D eigenvalue weighted by Gasteiger charge is 2.31. The Kier molecular flexibility index (Phi) is 5.46. The summed E-state index contributed by atoms with van der Waals surface area (Å²) in [6, 6.07) is 9.58. The molecule has 2 aromatic rings. The standard InChI is InChI=1S/C16H12F6O3/c17-15(18,19)24-12-5-1-10(2-6-12)9-14(23)11-3-7-13(8-4-11)25-16(20,21)22/h1-8,14,23H,9H2. The first-order valence-electron chi connectivity index (χ1n) is 6.90. The van der Waals surface area contributed by atoms with E-state index in [1.54, 1.807) is 0 Å². The van der Waals surface area contributed by atoms with Crippen LogP contribution in [0.5, 0.6) is 11.5 Å². The molecular formula is C16H12F6O3. The smallest absolute Gasteiger partial charge is 0.406 e. The average Bonchev–Trinajstić information content (AvgIpc) is 2.47. The quantitative estimate of drug-likeness (QED) is 0.776. The van der Waals surface area contributed by atoms with Crippen LogP contribution in [0.2, 0.25) is 0 Å². The van der Waals surface area contributed by atoms with Gasteiger partial charge in [-0.1, -0.05) is 24.3 Å². The number of hydrogen-bond acceptors (Lipinski definition) is 3. The van der Waals surface area contributed by atoms with Crippen LogP contribution in [0.3, 0.4) is 0 Å². The zero-order valence-electron chi connectivity index (χ0n) is 12.4. The van der Waals surface area contributed by atoms with Crippen LogP contribution in [0.15, 0.2) is 48.5 Å². The summed E-state index contributed by atoms with van der Waals surface area (Å²) in [4.78, 5) is 0. The molecule has 1 N–H and O–H groups in total. The van der Waals surface area contributed by atoms with Crippen LogP contribution in [-0.4, -0.2) is 17.8 Å². The van der Waals surface area contributed by atoms with Gasteiger partial charge in [-0.3, -0.25) is 0 Å². The number of ether oxygens (including phenoxy) is 2. The van der Waals surface area contributed by atoms with Crippen LogP contribution in [-0.2, 0) is 6.42 Å².